The van der Waals surface area contributed by atoms with Crippen LogP contribution in [0.3, 0.4) is 0 Å². The molecule has 41 heavy (non-hydrogen) atoms. The molecule has 1 heterocycles. The predicted molar refractivity (Wildman–Crippen MR) is 151 cm³/mol. The Balaban J connectivity index is 1.59. The van der Waals surface area contributed by atoms with Crippen molar-refractivity contribution in [2.75, 3.05) is 13.7 Å². The van der Waals surface area contributed by atoms with E-state index < -0.39 is 60.9 Å². The van der Waals surface area contributed by atoms with Crippen molar-refractivity contribution in [3.8, 4) is 5.75 Å². The van der Waals surface area contributed by atoms with Gasteiger partial charge in [-0.25, -0.2) is 5.01 Å². The molecule has 1 saturated heterocycles. The summed E-state index contributed by atoms with van der Waals surface area (Å²) >= 11 is 39.3. The maximum Gasteiger partial charge on any atom is 0.273 e. The number of hydrogen-bond acceptors (Lipinski definition) is 7. The summed E-state index contributed by atoms with van der Waals surface area (Å²) < 4.78 is 2.94. The van der Waals surface area contributed by atoms with Gasteiger partial charge in [-0.15, -0.1) is 23.2 Å². The number of nitro benzene ring substituents is 1. The summed E-state index contributed by atoms with van der Waals surface area (Å²) in [5.74, 6) is -6.58. The summed E-state index contributed by atoms with van der Waals surface area (Å²) in [4.78, 5) is 61.1. The van der Waals surface area contributed by atoms with Crippen LogP contribution >= 0.6 is 69.6 Å². The number of Topliss-reactive ketones (excluding diaryl/α,β-unsaturated/α-hetero) is 1. The van der Waals surface area contributed by atoms with Gasteiger partial charge < -0.3 is 4.74 Å². The van der Waals surface area contributed by atoms with Crippen molar-refractivity contribution in [3.63, 3.8) is 0 Å². The molecule has 0 N–H and O–H groups in total. The number of carbonyl (C=O) groups excluding carboxylic acids is 4. The zero-order valence-corrected chi connectivity index (χ0v) is 25.0. The number of methoxy groups -OCH3 is 1. The van der Waals surface area contributed by atoms with Crippen LogP contribution in [0.25, 0.3) is 0 Å². The molecule has 0 spiro atoms. The van der Waals surface area contributed by atoms with Crippen LogP contribution in [-0.2, 0) is 9.59 Å². The van der Waals surface area contributed by atoms with E-state index in [0.29, 0.717) is 15.8 Å². The number of hydrazine groups is 1. The molecule has 2 bridgehead atoms. The minimum Gasteiger partial charge on any atom is -0.497 e. The largest absolute Gasteiger partial charge is 0.497 e. The fraction of sp³-hybridized carbons (Fsp3) is 0.280. The van der Waals surface area contributed by atoms with Crippen LogP contribution in [0.1, 0.15) is 20.7 Å². The second-order valence-electron chi connectivity index (χ2n) is 9.39. The van der Waals surface area contributed by atoms with Crippen molar-refractivity contribution < 1.29 is 28.8 Å². The van der Waals surface area contributed by atoms with Crippen molar-refractivity contribution >= 4 is 98.8 Å². The maximum absolute atomic E-state index is 13.9. The van der Waals surface area contributed by atoms with E-state index in [-0.39, 0.29) is 26.9 Å². The second kappa shape index (κ2) is 10.00. The predicted octanol–water partition coefficient (Wildman–Crippen LogP) is 5.29. The second-order valence-corrected chi connectivity index (χ2v) is 12.7. The van der Waals surface area contributed by atoms with Gasteiger partial charge in [-0.05, 0) is 24.3 Å². The molecule has 2 fully saturated rings. The number of nitrogens with zero attached hydrogens (tertiary/aromatic N) is 3. The summed E-state index contributed by atoms with van der Waals surface area (Å²) in [6.07, 6.45) is 0. The van der Waals surface area contributed by atoms with Crippen molar-refractivity contribution in [3.05, 3.63) is 79.8 Å². The number of halogens is 6. The Morgan fingerprint density at radius 3 is 1.98 bits per heavy atom. The average Bonchev–Trinajstić information content (AvgIpc) is 3.34. The van der Waals surface area contributed by atoms with Crippen LogP contribution < -0.4 is 4.74 Å². The van der Waals surface area contributed by atoms with E-state index in [1.165, 1.54) is 25.3 Å². The highest BCUT2D eigenvalue weighted by atomic mass is 35.5. The number of alkyl halides is 4. The Morgan fingerprint density at radius 1 is 0.951 bits per heavy atom. The van der Waals surface area contributed by atoms with Gasteiger partial charge in [0.2, 0.25) is 0 Å². The van der Waals surface area contributed by atoms with Gasteiger partial charge >= 0.3 is 0 Å². The van der Waals surface area contributed by atoms with E-state index >= 15 is 0 Å². The first-order valence-electron chi connectivity index (χ1n) is 11.6. The van der Waals surface area contributed by atoms with Gasteiger partial charge in [0.05, 0.1) is 33.9 Å². The maximum atomic E-state index is 13.9. The number of carbonyl (C=O) groups is 4. The molecule has 2 aliphatic carbocycles. The molecule has 214 valence electrons. The monoisotopic (exact) mass is 679 g/mol. The Bertz CT molecular complexity index is 1540. The topological polar surface area (TPSA) is 127 Å². The molecule has 1 saturated carbocycles. The number of benzene rings is 2. The Kier molecular flexibility index (Phi) is 7.29. The van der Waals surface area contributed by atoms with Crippen LogP contribution in [-0.4, -0.2) is 66.2 Å². The van der Waals surface area contributed by atoms with Crippen LogP contribution in [0.15, 0.2) is 58.6 Å². The fourth-order valence-electron chi connectivity index (χ4n) is 5.35. The molecular formula is C25H15Cl6N3O7. The molecule has 2 aromatic rings. The lowest BCUT2D eigenvalue weighted by Gasteiger charge is -2.36. The average molecular weight is 682 g/mol. The summed E-state index contributed by atoms with van der Waals surface area (Å²) in [6, 6.07) is 10.3. The number of rotatable bonds is 7. The van der Waals surface area contributed by atoms with Gasteiger partial charge in [0, 0.05) is 23.3 Å². The number of hydrogen-bond donors (Lipinski definition) is 0. The smallest absolute Gasteiger partial charge is 0.273 e. The number of nitro groups is 1. The van der Waals surface area contributed by atoms with E-state index in [9.17, 15) is 29.3 Å². The van der Waals surface area contributed by atoms with Crippen molar-refractivity contribution in [1.29, 1.82) is 0 Å². The number of fused-ring (bicyclic) bond motifs is 5. The van der Waals surface area contributed by atoms with Gasteiger partial charge in [-0.3, -0.25) is 29.3 Å². The first kappa shape index (κ1) is 29.9. The molecule has 4 atom stereocenters. The number of imide groups is 1. The molecule has 5 rings (SSSR count). The number of ether oxygens (including phenoxy) is 1. The fourth-order valence-corrected chi connectivity index (χ4v) is 8.28. The first-order chi connectivity index (χ1) is 19.1. The lowest BCUT2D eigenvalue weighted by atomic mass is 9.84. The van der Waals surface area contributed by atoms with Gasteiger partial charge in [-0.2, -0.15) is 5.01 Å². The molecule has 3 amide bonds. The van der Waals surface area contributed by atoms with Gasteiger partial charge in [-0.1, -0.05) is 58.5 Å². The zero-order chi connectivity index (χ0) is 30.2. The van der Waals surface area contributed by atoms with E-state index in [2.05, 4.69) is 0 Å². The molecule has 2 aromatic carbocycles. The van der Waals surface area contributed by atoms with E-state index in [1.54, 1.807) is 6.07 Å². The molecule has 1 aliphatic heterocycles. The third-order valence-electron chi connectivity index (χ3n) is 7.37. The highest BCUT2D eigenvalue weighted by Gasteiger charge is 2.88. The molecule has 3 aliphatic rings. The van der Waals surface area contributed by atoms with Crippen LogP contribution in [0, 0.1) is 22.0 Å². The quantitative estimate of drug-likeness (QED) is 0.128. The molecule has 16 heteroatoms. The Hall–Kier alpha value is -2.60. The Labute approximate surface area is 261 Å². The molecule has 0 unspecified atom stereocenters. The van der Waals surface area contributed by atoms with Gasteiger partial charge in [0.1, 0.15) is 22.0 Å². The molecule has 0 aromatic heterocycles. The third-order valence-corrected chi connectivity index (χ3v) is 11.6. The highest BCUT2D eigenvalue weighted by Crippen LogP contribution is 2.77. The lowest BCUT2D eigenvalue weighted by Crippen LogP contribution is -2.56. The zero-order valence-electron chi connectivity index (χ0n) is 20.4. The molecule has 10 nitrogen and oxygen atoms in total. The number of allylic oxidation sites excluding steroid dienone is 2. The van der Waals surface area contributed by atoms with Crippen LogP contribution in [0.4, 0.5) is 5.69 Å². The summed E-state index contributed by atoms with van der Waals surface area (Å²) in [5.41, 5.74) is -0.390. The van der Waals surface area contributed by atoms with Gasteiger partial charge in [0.15, 0.2) is 10.1 Å². The van der Waals surface area contributed by atoms with E-state index in [0.717, 1.165) is 24.3 Å². The van der Waals surface area contributed by atoms with Crippen molar-refractivity contribution in [1.82, 2.24) is 10.0 Å². The SMILES string of the molecule is COc1cccc(C(=O)CN(C(=O)c2ccc([N+](=O)[O-])cc2)N2C(=O)[C@@H]3[C@@H](C2=O)[C@@]2(Cl)C(Cl)=C(Cl)[C@@]3(Cl)C2(Cl)Cl)c1. The molecule has 0 radical (unpaired) electrons. The number of ketones is 1. The summed E-state index contributed by atoms with van der Waals surface area (Å²) in [5, 5.41) is 11.5. The number of amides is 3. The highest BCUT2D eigenvalue weighted by molar-refractivity contribution is 6.66. The van der Waals surface area contributed by atoms with E-state index in [4.69, 9.17) is 74.3 Å². The van der Waals surface area contributed by atoms with Crippen molar-refractivity contribution in [2.24, 2.45) is 11.8 Å². The van der Waals surface area contributed by atoms with Crippen molar-refractivity contribution in [2.45, 2.75) is 14.1 Å². The van der Waals surface area contributed by atoms with Crippen LogP contribution in [0.2, 0.25) is 0 Å². The third kappa shape index (κ3) is 3.92. The standard InChI is InChI=1S/C25H15Cl6N3O7/c1-41-14-4-2-3-12(9-14)15(35)10-32(20(36)11-5-7-13(8-6-11)34(39)40)33-21(37)16-17(22(33)38)24(29)19(27)18(26)23(16,28)25(24,30)31/h2-9,16-17H,10H2,1H3/t16-,17-,23+,24+/m0/s1. The van der Waals surface area contributed by atoms with Crippen LogP contribution in [0.5, 0.6) is 5.75 Å². The minimum absolute atomic E-state index is 0.0983. The van der Waals surface area contributed by atoms with Gasteiger partial charge in [0.25, 0.3) is 23.4 Å². The normalized spacial score (nSPS) is 27.7. The minimum atomic E-state index is -2.20. The summed E-state index contributed by atoms with van der Waals surface area (Å²) in [7, 11) is 1.39. The van der Waals surface area contributed by atoms with E-state index in [1.807, 2.05) is 0 Å². The molecular weight excluding hydrogens is 667 g/mol. The lowest BCUT2D eigenvalue weighted by molar-refractivity contribution is -0.384. The first-order valence-corrected chi connectivity index (χ1v) is 13.8. The summed E-state index contributed by atoms with van der Waals surface area (Å²) in [6.45, 7) is -0.813. The number of non-ortho nitro benzene ring substituents is 1. The Morgan fingerprint density at radius 2 is 1.49 bits per heavy atom.